The van der Waals surface area contributed by atoms with Gasteiger partial charge in [-0.15, -0.1) is 11.3 Å². The van der Waals surface area contributed by atoms with Crippen molar-refractivity contribution in [3.63, 3.8) is 0 Å². The Morgan fingerprint density at radius 2 is 1.72 bits per heavy atom. The van der Waals surface area contributed by atoms with Crippen molar-refractivity contribution < 1.29 is 40.3 Å². The van der Waals surface area contributed by atoms with Gasteiger partial charge in [0, 0.05) is 11.6 Å². The molecule has 32 heavy (non-hydrogen) atoms. The third-order valence-corrected chi connectivity index (χ3v) is 4.99. The quantitative estimate of drug-likeness (QED) is 0.391. The summed E-state index contributed by atoms with van der Waals surface area (Å²) in [6, 6.07) is 4.17. The summed E-state index contributed by atoms with van der Waals surface area (Å²) in [5.41, 5.74) is 1.55. The molecule has 3 aromatic rings. The fourth-order valence-electron chi connectivity index (χ4n) is 2.42. The number of hydrogen-bond acceptors (Lipinski definition) is 6. The monoisotopic (exact) mass is 480 g/mol. The van der Waals surface area contributed by atoms with Crippen LogP contribution in [0.4, 0.5) is 36.4 Å². The second kappa shape index (κ2) is 8.61. The smallest absolute Gasteiger partial charge is 0.435 e. The lowest BCUT2D eigenvalue weighted by Gasteiger charge is -2.10. The zero-order chi connectivity index (χ0) is 23.7. The Morgan fingerprint density at radius 3 is 2.25 bits per heavy atom. The van der Waals surface area contributed by atoms with Gasteiger partial charge in [0.2, 0.25) is 5.88 Å². The van der Waals surface area contributed by atoms with Crippen LogP contribution in [-0.2, 0) is 12.4 Å². The average Bonchev–Trinajstić information content (AvgIpc) is 3.18. The van der Waals surface area contributed by atoms with Crippen LogP contribution in [0.2, 0.25) is 0 Å². The summed E-state index contributed by atoms with van der Waals surface area (Å²) in [6.07, 6.45) is -8.57. The lowest BCUT2D eigenvalue weighted by atomic mass is 10.1. The zero-order valence-electron chi connectivity index (χ0n) is 15.7. The van der Waals surface area contributed by atoms with Gasteiger partial charge in [-0.25, -0.2) is 14.4 Å². The predicted octanol–water partition coefficient (Wildman–Crippen LogP) is 5.15. The van der Waals surface area contributed by atoms with E-state index in [-0.39, 0.29) is 22.1 Å². The Bertz CT molecular complexity index is 1130. The number of hydrogen-bond donors (Lipinski definition) is 2. The molecule has 0 unspecified atom stereocenters. The summed E-state index contributed by atoms with van der Waals surface area (Å²) < 4.78 is 96.5. The summed E-state index contributed by atoms with van der Waals surface area (Å²) in [5, 5.41) is -0.312. The molecule has 6 nitrogen and oxygen atoms in total. The molecule has 0 saturated heterocycles. The zero-order valence-corrected chi connectivity index (χ0v) is 16.5. The minimum Gasteiger partial charge on any atom is -0.479 e. The number of carbonyl (C=O) groups is 1. The molecule has 0 atom stereocenters. The van der Waals surface area contributed by atoms with Crippen molar-refractivity contribution in [2.45, 2.75) is 12.4 Å². The van der Waals surface area contributed by atoms with Crippen LogP contribution in [0.15, 0.2) is 36.5 Å². The molecule has 0 fully saturated rings. The number of nitrogens with zero attached hydrogens (tertiary/aromatic N) is 2. The number of pyridine rings is 1. The number of hydrazine groups is 1. The molecule has 0 aliphatic rings. The molecule has 14 heteroatoms. The van der Waals surface area contributed by atoms with Gasteiger partial charge in [0.15, 0.2) is 11.5 Å². The van der Waals surface area contributed by atoms with E-state index in [0.717, 1.165) is 24.4 Å². The molecular weight excluding hydrogens is 469 g/mol. The van der Waals surface area contributed by atoms with Crippen LogP contribution in [0.5, 0.6) is 5.88 Å². The third-order valence-electron chi connectivity index (χ3n) is 3.88. The Morgan fingerprint density at radius 1 is 1.06 bits per heavy atom. The molecule has 0 saturated carbocycles. The fraction of sp³-hybridized carbons (Fsp3) is 0.167. The Hall–Kier alpha value is -3.42. The second-order valence-corrected chi connectivity index (χ2v) is 7.06. The number of amides is 1. The van der Waals surface area contributed by atoms with Gasteiger partial charge in [-0.1, -0.05) is 12.1 Å². The summed E-state index contributed by atoms with van der Waals surface area (Å²) in [4.78, 5) is 18.5. The number of methoxy groups -OCH3 is 1. The first-order valence-corrected chi connectivity index (χ1v) is 9.23. The normalized spacial score (nSPS) is 11.9. The summed E-state index contributed by atoms with van der Waals surface area (Å²) in [7, 11) is 1.18. The maximum Gasteiger partial charge on any atom is 0.435 e. The molecule has 1 amide bonds. The molecule has 0 bridgehead atoms. The van der Waals surface area contributed by atoms with E-state index in [1.54, 1.807) is 0 Å². The topological polar surface area (TPSA) is 76.1 Å². The van der Waals surface area contributed by atoms with Crippen molar-refractivity contribution in [1.29, 1.82) is 0 Å². The first kappa shape index (κ1) is 23.2. The van der Waals surface area contributed by atoms with E-state index in [0.29, 0.717) is 23.5 Å². The van der Waals surface area contributed by atoms with Crippen LogP contribution < -0.4 is 15.6 Å². The maximum atomic E-state index is 13.6. The van der Waals surface area contributed by atoms with E-state index in [2.05, 4.69) is 20.1 Å². The second-order valence-electron chi connectivity index (χ2n) is 6.06. The van der Waals surface area contributed by atoms with Crippen LogP contribution >= 0.6 is 11.3 Å². The van der Waals surface area contributed by atoms with E-state index in [1.165, 1.54) is 7.11 Å². The van der Waals surface area contributed by atoms with Gasteiger partial charge in [0.25, 0.3) is 5.91 Å². The van der Waals surface area contributed by atoms with Gasteiger partial charge in [0.1, 0.15) is 9.88 Å². The number of carbonyl (C=O) groups excluding carboxylic acids is 1. The Labute approximate surface area is 179 Å². The molecule has 1 aromatic carbocycles. The van der Waals surface area contributed by atoms with E-state index in [1.807, 2.05) is 5.43 Å². The number of rotatable bonds is 5. The van der Waals surface area contributed by atoms with Gasteiger partial charge in [-0.05, 0) is 12.1 Å². The van der Waals surface area contributed by atoms with Crippen LogP contribution in [0.25, 0.3) is 10.6 Å². The highest BCUT2D eigenvalue weighted by atomic mass is 32.1. The van der Waals surface area contributed by atoms with E-state index in [9.17, 15) is 35.5 Å². The Kier molecular flexibility index (Phi) is 6.25. The van der Waals surface area contributed by atoms with Crippen molar-refractivity contribution in [1.82, 2.24) is 15.4 Å². The predicted molar refractivity (Wildman–Crippen MR) is 99.4 cm³/mol. The van der Waals surface area contributed by atoms with E-state index < -0.39 is 40.2 Å². The maximum absolute atomic E-state index is 13.6. The SMILES string of the molecule is COc1ncc(NNC(=O)c2sc(-c3ccc(C(F)(F)F)cc3)nc2C(F)(F)F)cc1F. The third kappa shape index (κ3) is 5.07. The molecule has 2 aromatic heterocycles. The molecule has 170 valence electrons. The fourth-order valence-corrected chi connectivity index (χ4v) is 3.41. The van der Waals surface area contributed by atoms with Crippen LogP contribution in [0, 0.1) is 5.82 Å². The molecule has 2 heterocycles. The largest absolute Gasteiger partial charge is 0.479 e. The highest BCUT2D eigenvalue weighted by Gasteiger charge is 2.40. The number of halogens is 7. The Balaban J connectivity index is 1.86. The van der Waals surface area contributed by atoms with Crippen molar-refractivity contribution in [3.8, 4) is 16.5 Å². The number of nitrogens with one attached hydrogen (secondary N) is 2. The van der Waals surface area contributed by atoms with Crippen LogP contribution in [0.3, 0.4) is 0 Å². The summed E-state index contributed by atoms with van der Waals surface area (Å²) in [6.45, 7) is 0. The van der Waals surface area contributed by atoms with E-state index >= 15 is 0 Å². The number of thiazole rings is 1. The van der Waals surface area contributed by atoms with Crippen LogP contribution in [0.1, 0.15) is 20.9 Å². The van der Waals surface area contributed by atoms with Gasteiger partial charge in [-0.3, -0.25) is 15.6 Å². The number of aromatic nitrogens is 2. The molecule has 2 N–H and O–H groups in total. The molecule has 0 aliphatic heterocycles. The van der Waals surface area contributed by atoms with Crippen molar-refractivity contribution in [3.05, 3.63) is 58.5 Å². The summed E-state index contributed by atoms with van der Waals surface area (Å²) >= 11 is 0.331. The first-order chi connectivity index (χ1) is 14.9. The molecule has 0 aliphatic carbocycles. The van der Waals surface area contributed by atoms with Gasteiger partial charge in [0.05, 0.1) is 24.6 Å². The van der Waals surface area contributed by atoms with Crippen molar-refractivity contribution >= 4 is 22.9 Å². The van der Waals surface area contributed by atoms with Gasteiger partial charge < -0.3 is 4.74 Å². The minimum atomic E-state index is -5.01. The average molecular weight is 480 g/mol. The lowest BCUT2D eigenvalue weighted by Crippen LogP contribution is -2.30. The van der Waals surface area contributed by atoms with Crippen molar-refractivity contribution in [2.24, 2.45) is 0 Å². The van der Waals surface area contributed by atoms with Gasteiger partial charge >= 0.3 is 12.4 Å². The number of ether oxygens (including phenoxy) is 1. The van der Waals surface area contributed by atoms with Crippen LogP contribution in [-0.4, -0.2) is 23.0 Å². The number of benzene rings is 1. The summed E-state index contributed by atoms with van der Waals surface area (Å²) in [5.74, 6) is -2.46. The standard InChI is InChI=1S/C18H11F7N4O2S/c1-31-15-11(19)6-10(7-26-15)28-29-14(30)12-13(18(23,24)25)27-16(32-12)8-2-4-9(5-3-8)17(20,21)22/h2-7,28H,1H3,(H,29,30). The highest BCUT2D eigenvalue weighted by molar-refractivity contribution is 7.17. The number of anilines is 1. The van der Waals surface area contributed by atoms with Crippen molar-refractivity contribution in [2.75, 3.05) is 12.5 Å². The highest BCUT2D eigenvalue weighted by Crippen LogP contribution is 2.38. The molecule has 0 spiro atoms. The van der Waals surface area contributed by atoms with E-state index in [4.69, 9.17) is 0 Å². The number of alkyl halides is 6. The lowest BCUT2D eigenvalue weighted by molar-refractivity contribution is -0.141. The minimum absolute atomic E-state index is 0.0399. The van der Waals surface area contributed by atoms with Gasteiger partial charge in [-0.2, -0.15) is 26.3 Å². The molecule has 0 radical (unpaired) electrons. The first-order valence-electron chi connectivity index (χ1n) is 8.41. The molecular formula is C18H11F7N4O2S. The molecule has 3 rings (SSSR count).